The molecule has 0 radical (unpaired) electrons. The average molecular weight is 367 g/mol. The van der Waals surface area contributed by atoms with Gasteiger partial charge >= 0.3 is 0 Å². The highest BCUT2D eigenvalue weighted by molar-refractivity contribution is 6.49. The topological polar surface area (TPSA) is 9.86 Å². The van der Waals surface area contributed by atoms with Crippen molar-refractivity contribution in [3.05, 3.63) is 109 Å². The van der Waals surface area contributed by atoms with Crippen LogP contribution in [0, 0.1) is 0 Å². The first-order valence-corrected chi connectivity index (χ1v) is 8.78. The van der Waals surface area contributed by atoms with Crippen molar-refractivity contribution in [2.75, 3.05) is 0 Å². The zero-order valence-corrected chi connectivity index (χ0v) is 14.9. The SMILES string of the molecule is ClC(Cl)(c1cccn1-c1ccccc1)c1cccn1-c1ccccc1. The van der Waals surface area contributed by atoms with E-state index in [-0.39, 0.29) is 0 Å². The molecule has 0 aliphatic heterocycles. The van der Waals surface area contributed by atoms with Crippen LogP contribution in [0.25, 0.3) is 11.4 Å². The van der Waals surface area contributed by atoms with Crippen molar-refractivity contribution in [1.29, 1.82) is 0 Å². The zero-order chi connectivity index (χ0) is 17.3. The lowest BCUT2D eigenvalue weighted by Crippen LogP contribution is -2.20. The minimum Gasteiger partial charge on any atom is -0.317 e. The highest BCUT2D eigenvalue weighted by Crippen LogP contribution is 2.42. The fourth-order valence-corrected chi connectivity index (χ4v) is 3.65. The molecule has 0 amide bonds. The van der Waals surface area contributed by atoms with Crippen LogP contribution in [0.2, 0.25) is 0 Å². The van der Waals surface area contributed by atoms with Crippen molar-refractivity contribution in [2.24, 2.45) is 0 Å². The Morgan fingerprint density at radius 2 is 0.920 bits per heavy atom. The molecule has 0 bridgehead atoms. The normalized spacial score (nSPS) is 11.6. The van der Waals surface area contributed by atoms with Gasteiger partial charge in [-0.25, -0.2) is 0 Å². The Labute approximate surface area is 156 Å². The fraction of sp³-hybridized carbons (Fsp3) is 0.0476. The largest absolute Gasteiger partial charge is 0.317 e. The quantitative estimate of drug-likeness (QED) is 0.395. The molecule has 0 aliphatic rings. The maximum absolute atomic E-state index is 6.90. The van der Waals surface area contributed by atoms with Crippen LogP contribution >= 0.6 is 23.2 Å². The van der Waals surface area contributed by atoms with Crippen molar-refractivity contribution < 1.29 is 0 Å². The van der Waals surface area contributed by atoms with E-state index in [9.17, 15) is 0 Å². The summed E-state index contributed by atoms with van der Waals surface area (Å²) < 4.78 is 2.84. The molecule has 0 fully saturated rings. The molecular formula is C21H16Cl2N2. The van der Waals surface area contributed by atoms with Crippen LogP contribution in [-0.4, -0.2) is 9.13 Å². The Balaban J connectivity index is 1.83. The summed E-state index contributed by atoms with van der Waals surface area (Å²) in [5, 5.41) is 0. The monoisotopic (exact) mass is 366 g/mol. The summed E-state index contributed by atoms with van der Waals surface area (Å²) >= 11 is 13.8. The molecule has 0 N–H and O–H groups in total. The molecule has 4 heteroatoms. The number of halogens is 2. The van der Waals surface area contributed by atoms with Crippen molar-refractivity contribution in [1.82, 2.24) is 9.13 Å². The second-order valence-electron chi connectivity index (χ2n) is 5.77. The molecule has 2 aromatic heterocycles. The number of nitrogens with zero attached hydrogens (tertiary/aromatic N) is 2. The van der Waals surface area contributed by atoms with Crippen molar-refractivity contribution in [3.8, 4) is 11.4 Å². The maximum atomic E-state index is 6.90. The van der Waals surface area contributed by atoms with Gasteiger partial charge in [0.15, 0.2) is 4.33 Å². The third-order valence-electron chi connectivity index (χ3n) is 4.21. The van der Waals surface area contributed by atoms with Gasteiger partial charge in [0, 0.05) is 23.8 Å². The minimum atomic E-state index is -1.20. The summed E-state index contributed by atoms with van der Waals surface area (Å²) in [5.41, 5.74) is 3.65. The Bertz CT molecular complexity index is 890. The molecule has 0 atom stereocenters. The second kappa shape index (κ2) is 6.47. The van der Waals surface area contributed by atoms with Crippen LogP contribution in [0.3, 0.4) is 0 Å². The first kappa shape index (κ1) is 16.1. The van der Waals surface area contributed by atoms with E-state index in [1.54, 1.807) is 0 Å². The first-order valence-electron chi connectivity index (χ1n) is 8.02. The van der Waals surface area contributed by atoms with Gasteiger partial charge < -0.3 is 9.13 Å². The molecule has 25 heavy (non-hydrogen) atoms. The van der Waals surface area contributed by atoms with Gasteiger partial charge in [-0.3, -0.25) is 0 Å². The lowest BCUT2D eigenvalue weighted by atomic mass is 10.2. The van der Waals surface area contributed by atoms with Gasteiger partial charge in [-0.2, -0.15) is 0 Å². The van der Waals surface area contributed by atoms with Gasteiger partial charge in [0.25, 0.3) is 0 Å². The van der Waals surface area contributed by atoms with Crippen molar-refractivity contribution in [3.63, 3.8) is 0 Å². The highest BCUT2D eigenvalue weighted by Gasteiger charge is 2.35. The van der Waals surface area contributed by atoms with E-state index in [1.807, 2.05) is 106 Å². The summed E-state index contributed by atoms with van der Waals surface area (Å²) in [5.74, 6) is 0. The number of hydrogen-bond acceptors (Lipinski definition) is 0. The van der Waals surface area contributed by atoms with Crippen molar-refractivity contribution in [2.45, 2.75) is 4.33 Å². The second-order valence-corrected chi connectivity index (χ2v) is 7.10. The van der Waals surface area contributed by atoms with Gasteiger partial charge in [0.2, 0.25) is 0 Å². The molecule has 124 valence electrons. The van der Waals surface area contributed by atoms with Crippen LogP contribution in [0.1, 0.15) is 11.4 Å². The standard InChI is InChI=1S/C21H16Cl2N2/c22-21(23,19-13-7-15-24(19)17-9-3-1-4-10-17)20-14-8-16-25(20)18-11-5-2-6-12-18/h1-16H. The summed E-state index contributed by atoms with van der Waals surface area (Å²) in [6.45, 7) is 0. The average Bonchev–Trinajstić information content (AvgIpc) is 3.33. The summed E-state index contributed by atoms with van der Waals surface area (Å²) in [7, 11) is 0. The number of hydrogen-bond donors (Lipinski definition) is 0. The van der Waals surface area contributed by atoms with E-state index in [0.717, 1.165) is 22.8 Å². The smallest absolute Gasteiger partial charge is 0.198 e. The summed E-state index contributed by atoms with van der Waals surface area (Å²) in [6.07, 6.45) is 3.94. The lowest BCUT2D eigenvalue weighted by molar-refractivity contribution is 0.826. The van der Waals surface area contributed by atoms with Gasteiger partial charge in [0.05, 0.1) is 11.4 Å². The summed E-state index contributed by atoms with van der Waals surface area (Å²) in [6, 6.07) is 27.9. The number of para-hydroxylation sites is 2. The number of rotatable bonds is 4. The first-order chi connectivity index (χ1) is 12.2. The highest BCUT2D eigenvalue weighted by atomic mass is 35.5. The molecule has 0 saturated heterocycles. The lowest BCUT2D eigenvalue weighted by Gasteiger charge is -2.24. The predicted octanol–water partition coefficient (Wildman–Crippen LogP) is 5.95. The van der Waals surface area contributed by atoms with Crippen LogP contribution < -0.4 is 0 Å². The van der Waals surface area contributed by atoms with Crippen molar-refractivity contribution >= 4 is 23.2 Å². The van der Waals surface area contributed by atoms with E-state index in [1.165, 1.54) is 0 Å². The predicted molar refractivity (Wildman–Crippen MR) is 104 cm³/mol. The molecule has 0 spiro atoms. The van der Waals surface area contributed by atoms with E-state index in [2.05, 4.69) is 0 Å². The van der Waals surface area contributed by atoms with Crippen LogP contribution in [0.4, 0.5) is 0 Å². The number of benzene rings is 2. The third kappa shape index (κ3) is 2.88. The van der Waals surface area contributed by atoms with Crippen LogP contribution in [0.5, 0.6) is 0 Å². The number of aromatic nitrogens is 2. The van der Waals surface area contributed by atoms with E-state index in [4.69, 9.17) is 23.2 Å². The Morgan fingerprint density at radius 3 is 1.32 bits per heavy atom. The molecule has 0 aliphatic carbocycles. The van der Waals surface area contributed by atoms with Gasteiger partial charge in [-0.15, -0.1) is 0 Å². The van der Waals surface area contributed by atoms with E-state index >= 15 is 0 Å². The van der Waals surface area contributed by atoms with Crippen LogP contribution in [0.15, 0.2) is 97.3 Å². The zero-order valence-electron chi connectivity index (χ0n) is 13.4. The van der Waals surface area contributed by atoms with Gasteiger partial charge in [-0.05, 0) is 48.5 Å². The fourth-order valence-electron chi connectivity index (χ4n) is 3.03. The molecule has 4 rings (SSSR count). The Kier molecular flexibility index (Phi) is 4.16. The summed E-state index contributed by atoms with van der Waals surface area (Å²) in [4.78, 5) is 0. The molecule has 2 nitrogen and oxygen atoms in total. The Morgan fingerprint density at radius 1 is 0.520 bits per heavy atom. The molecule has 2 heterocycles. The third-order valence-corrected chi connectivity index (χ3v) is 4.98. The molecule has 0 unspecified atom stereocenters. The maximum Gasteiger partial charge on any atom is 0.198 e. The van der Waals surface area contributed by atoms with E-state index in [0.29, 0.717) is 0 Å². The molecular weight excluding hydrogens is 351 g/mol. The van der Waals surface area contributed by atoms with E-state index < -0.39 is 4.33 Å². The molecule has 4 aromatic rings. The Hall–Kier alpha value is -2.42. The number of alkyl halides is 2. The van der Waals surface area contributed by atoms with Gasteiger partial charge in [0.1, 0.15) is 0 Å². The van der Waals surface area contributed by atoms with Gasteiger partial charge in [-0.1, -0.05) is 59.6 Å². The van der Waals surface area contributed by atoms with Crippen LogP contribution in [-0.2, 0) is 4.33 Å². The molecule has 0 saturated carbocycles. The minimum absolute atomic E-state index is 0.804. The molecule has 2 aromatic carbocycles.